The Bertz CT molecular complexity index is 938. The van der Waals surface area contributed by atoms with Gasteiger partial charge in [0.1, 0.15) is 11.9 Å². The molecule has 130 valence electrons. The number of nitrogens with zero attached hydrogens (tertiary/aromatic N) is 2. The highest BCUT2D eigenvalue weighted by molar-refractivity contribution is 5.92. The monoisotopic (exact) mass is 343 g/mol. The molecule has 0 unspecified atom stereocenters. The van der Waals surface area contributed by atoms with Crippen LogP contribution in [0.25, 0.3) is 21.9 Å². The highest BCUT2D eigenvalue weighted by Crippen LogP contribution is 2.33. The van der Waals surface area contributed by atoms with Gasteiger partial charge in [-0.3, -0.25) is 4.98 Å². The number of hydrogen-bond acceptors (Lipinski definition) is 4. The largest absolute Gasteiger partial charge is 0.490 e. The second-order valence-electron chi connectivity index (χ2n) is 6.67. The number of ether oxygens (including phenoxy) is 1. The zero-order chi connectivity index (χ0) is 17.8. The maximum absolute atomic E-state index is 8.84. The second-order valence-corrected chi connectivity index (χ2v) is 6.67. The minimum Gasteiger partial charge on any atom is -0.490 e. The van der Waals surface area contributed by atoms with Crippen molar-refractivity contribution in [1.29, 1.82) is 5.26 Å². The summed E-state index contributed by atoms with van der Waals surface area (Å²) in [5.41, 5.74) is 3.28. The predicted octanol–water partition coefficient (Wildman–Crippen LogP) is 4.10. The topological polar surface area (TPSA) is 57.9 Å². The fraction of sp³-hybridized carbons (Fsp3) is 0.273. The van der Waals surface area contributed by atoms with Crippen LogP contribution in [-0.4, -0.2) is 24.2 Å². The minimum absolute atomic E-state index is 0.243. The Morgan fingerprint density at radius 1 is 1.08 bits per heavy atom. The lowest BCUT2D eigenvalue weighted by atomic mass is 9.99. The molecule has 0 bridgehead atoms. The molecule has 1 fully saturated rings. The van der Waals surface area contributed by atoms with E-state index in [0.717, 1.165) is 59.1 Å². The first-order valence-electron chi connectivity index (χ1n) is 9.05. The second kappa shape index (κ2) is 7.55. The van der Waals surface area contributed by atoms with E-state index in [0.29, 0.717) is 6.42 Å². The maximum Gasteiger partial charge on any atom is 0.129 e. The highest BCUT2D eigenvalue weighted by Gasteiger charge is 2.16. The first kappa shape index (κ1) is 16.6. The molecule has 1 aliphatic rings. The molecule has 0 amide bonds. The Morgan fingerprint density at radius 2 is 1.88 bits per heavy atom. The number of nitriles is 1. The van der Waals surface area contributed by atoms with Crippen LogP contribution in [0, 0.1) is 11.3 Å². The van der Waals surface area contributed by atoms with E-state index in [1.165, 1.54) is 0 Å². The SMILES string of the molecule is N#CCc1ccc(-c2cc(OC3CCNCC3)c3cnccc3c2)cc1. The van der Waals surface area contributed by atoms with Crippen molar-refractivity contribution in [2.45, 2.75) is 25.4 Å². The summed E-state index contributed by atoms with van der Waals surface area (Å²) in [6.45, 7) is 2.00. The van der Waals surface area contributed by atoms with Gasteiger partial charge >= 0.3 is 0 Å². The van der Waals surface area contributed by atoms with Crippen molar-refractivity contribution in [3.63, 3.8) is 0 Å². The first-order valence-corrected chi connectivity index (χ1v) is 9.05. The minimum atomic E-state index is 0.243. The van der Waals surface area contributed by atoms with E-state index >= 15 is 0 Å². The standard InChI is InChI=1S/C22H21N3O/c23-9-5-16-1-3-17(4-2-16)19-13-18-6-10-25-15-21(18)22(14-19)26-20-7-11-24-12-8-20/h1-4,6,10,13-15,20,24H,5,7-8,11-12H2. The van der Waals surface area contributed by atoms with Crippen LogP contribution in [-0.2, 0) is 6.42 Å². The van der Waals surface area contributed by atoms with Crippen LogP contribution in [0.3, 0.4) is 0 Å². The van der Waals surface area contributed by atoms with Crippen LogP contribution in [0.1, 0.15) is 18.4 Å². The van der Waals surface area contributed by atoms with Gasteiger partial charge in [-0.25, -0.2) is 0 Å². The van der Waals surface area contributed by atoms with Crippen LogP contribution in [0.4, 0.5) is 0 Å². The van der Waals surface area contributed by atoms with E-state index < -0.39 is 0 Å². The van der Waals surface area contributed by atoms with Gasteiger partial charge in [0.2, 0.25) is 0 Å². The van der Waals surface area contributed by atoms with Gasteiger partial charge in [0, 0.05) is 17.8 Å². The number of fused-ring (bicyclic) bond motifs is 1. The van der Waals surface area contributed by atoms with Crippen molar-refractivity contribution >= 4 is 10.8 Å². The fourth-order valence-corrected chi connectivity index (χ4v) is 3.43. The van der Waals surface area contributed by atoms with Crippen LogP contribution in [0.5, 0.6) is 5.75 Å². The van der Waals surface area contributed by atoms with Crippen molar-refractivity contribution in [2.24, 2.45) is 0 Å². The van der Waals surface area contributed by atoms with Crippen LogP contribution in [0.2, 0.25) is 0 Å². The summed E-state index contributed by atoms with van der Waals surface area (Å²) in [7, 11) is 0. The lowest BCUT2D eigenvalue weighted by Crippen LogP contribution is -2.34. The van der Waals surface area contributed by atoms with Crippen molar-refractivity contribution in [2.75, 3.05) is 13.1 Å². The Kier molecular flexibility index (Phi) is 4.81. The molecule has 1 N–H and O–H groups in total. The molecule has 3 aromatic rings. The lowest BCUT2D eigenvalue weighted by Gasteiger charge is -2.25. The smallest absolute Gasteiger partial charge is 0.129 e. The Balaban J connectivity index is 1.72. The summed E-state index contributed by atoms with van der Waals surface area (Å²) < 4.78 is 6.37. The maximum atomic E-state index is 8.84. The number of piperidine rings is 1. The summed E-state index contributed by atoms with van der Waals surface area (Å²) in [6, 6.07) is 16.7. The number of pyridine rings is 1. The number of benzene rings is 2. The van der Waals surface area contributed by atoms with Gasteiger partial charge in [0.05, 0.1) is 12.5 Å². The molecule has 0 radical (unpaired) electrons. The van der Waals surface area contributed by atoms with Crippen LogP contribution < -0.4 is 10.1 Å². The molecule has 2 aromatic carbocycles. The molecule has 0 atom stereocenters. The van der Waals surface area contributed by atoms with E-state index in [4.69, 9.17) is 10.00 Å². The van der Waals surface area contributed by atoms with Crippen LogP contribution >= 0.6 is 0 Å². The van der Waals surface area contributed by atoms with Gasteiger partial charge in [-0.15, -0.1) is 0 Å². The number of aromatic nitrogens is 1. The molecular formula is C22H21N3O. The quantitative estimate of drug-likeness (QED) is 0.775. The molecular weight excluding hydrogens is 322 g/mol. The summed E-state index contributed by atoms with van der Waals surface area (Å²) >= 11 is 0. The summed E-state index contributed by atoms with van der Waals surface area (Å²) in [4.78, 5) is 4.28. The van der Waals surface area contributed by atoms with Gasteiger partial charge in [-0.2, -0.15) is 5.26 Å². The van der Waals surface area contributed by atoms with Crippen molar-refractivity contribution < 1.29 is 4.74 Å². The van der Waals surface area contributed by atoms with Gasteiger partial charge in [-0.1, -0.05) is 24.3 Å². The molecule has 4 heteroatoms. The van der Waals surface area contributed by atoms with E-state index in [1.54, 1.807) is 0 Å². The fourth-order valence-electron chi connectivity index (χ4n) is 3.43. The lowest BCUT2D eigenvalue weighted by molar-refractivity contribution is 0.164. The van der Waals surface area contributed by atoms with E-state index in [2.05, 4.69) is 40.6 Å². The zero-order valence-corrected chi connectivity index (χ0v) is 14.6. The molecule has 0 aliphatic carbocycles. The van der Waals surface area contributed by atoms with E-state index in [-0.39, 0.29) is 6.10 Å². The molecule has 2 heterocycles. The van der Waals surface area contributed by atoms with Crippen molar-refractivity contribution in [1.82, 2.24) is 10.3 Å². The molecule has 0 saturated carbocycles. The van der Waals surface area contributed by atoms with Gasteiger partial charge in [-0.05, 0) is 66.2 Å². The Morgan fingerprint density at radius 3 is 2.65 bits per heavy atom. The third-order valence-electron chi connectivity index (χ3n) is 4.87. The molecule has 26 heavy (non-hydrogen) atoms. The molecule has 1 saturated heterocycles. The number of rotatable bonds is 4. The molecule has 4 nitrogen and oxygen atoms in total. The summed E-state index contributed by atoms with van der Waals surface area (Å²) in [6.07, 6.45) is 6.42. The number of hydrogen-bond donors (Lipinski definition) is 1. The average Bonchev–Trinajstić information content (AvgIpc) is 2.69. The first-order chi connectivity index (χ1) is 12.8. The molecule has 1 aromatic heterocycles. The zero-order valence-electron chi connectivity index (χ0n) is 14.6. The average molecular weight is 343 g/mol. The molecule has 0 spiro atoms. The van der Waals surface area contributed by atoms with Gasteiger partial charge in [0.15, 0.2) is 0 Å². The Hall–Kier alpha value is -2.90. The third kappa shape index (κ3) is 3.54. The summed E-state index contributed by atoms with van der Waals surface area (Å²) in [5.74, 6) is 0.901. The van der Waals surface area contributed by atoms with E-state index in [1.807, 2.05) is 30.6 Å². The van der Waals surface area contributed by atoms with E-state index in [9.17, 15) is 0 Å². The number of nitrogens with one attached hydrogen (secondary N) is 1. The highest BCUT2D eigenvalue weighted by atomic mass is 16.5. The predicted molar refractivity (Wildman–Crippen MR) is 103 cm³/mol. The van der Waals surface area contributed by atoms with Gasteiger partial charge < -0.3 is 10.1 Å². The molecule has 4 rings (SSSR count). The van der Waals surface area contributed by atoms with Gasteiger partial charge in [0.25, 0.3) is 0 Å². The third-order valence-corrected chi connectivity index (χ3v) is 4.87. The Labute approximate surface area is 153 Å². The van der Waals surface area contributed by atoms with Crippen LogP contribution in [0.15, 0.2) is 54.9 Å². The normalized spacial score (nSPS) is 14.9. The van der Waals surface area contributed by atoms with Crippen molar-refractivity contribution in [3.05, 3.63) is 60.4 Å². The van der Waals surface area contributed by atoms with Crippen molar-refractivity contribution in [3.8, 4) is 22.9 Å². The molecule has 1 aliphatic heterocycles. The summed E-state index contributed by atoms with van der Waals surface area (Å²) in [5, 5.41) is 14.4.